The SMILES string of the molecule is CC(C)C1NC(=O)C(C)N(Cc2ccc(Br)cc2F)C1=O. The van der Waals surface area contributed by atoms with Crippen LogP contribution in [0.15, 0.2) is 22.7 Å². The lowest BCUT2D eigenvalue weighted by molar-refractivity contribution is -0.150. The van der Waals surface area contributed by atoms with Crippen molar-refractivity contribution in [3.8, 4) is 0 Å². The van der Waals surface area contributed by atoms with E-state index in [9.17, 15) is 14.0 Å². The molecule has 1 N–H and O–H groups in total. The number of amides is 2. The number of hydrogen-bond acceptors (Lipinski definition) is 2. The number of nitrogens with one attached hydrogen (secondary N) is 1. The number of hydrogen-bond donors (Lipinski definition) is 1. The van der Waals surface area contributed by atoms with Crippen LogP contribution in [-0.2, 0) is 16.1 Å². The fourth-order valence-corrected chi connectivity index (χ4v) is 2.68. The molecule has 2 rings (SSSR count). The van der Waals surface area contributed by atoms with E-state index in [2.05, 4.69) is 21.2 Å². The van der Waals surface area contributed by atoms with Gasteiger partial charge < -0.3 is 10.2 Å². The summed E-state index contributed by atoms with van der Waals surface area (Å²) in [6.07, 6.45) is 0. The van der Waals surface area contributed by atoms with Gasteiger partial charge in [0, 0.05) is 16.6 Å². The second-order valence-corrected chi connectivity index (χ2v) is 6.52. The average Bonchev–Trinajstić information content (AvgIpc) is 2.40. The Morgan fingerprint density at radius 2 is 2.05 bits per heavy atom. The first-order chi connectivity index (χ1) is 9.81. The van der Waals surface area contributed by atoms with E-state index in [0.717, 1.165) is 0 Å². The number of carbonyl (C=O) groups is 2. The number of halogens is 2. The third-order valence-electron chi connectivity index (χ3n) is 3.72. The van der Waals surface area contributed by atoms with E-state index in [1.165, 1.54) is 11.0 Å². The number of rotatable bonds is 3. The van der Waals surface area contributed by atoms with E-state index in [4.69, 9.17) is 0 Å². The van der Waals surface area contributed by atoms with Crippen molar-refractivity contribution < 1.29 is 14.0 Å². The van der Waals surface area contributed by atoms with Crippen LogP contribution in [0.4, 0.5) is 4.39 Å². The summed E-state index contributed by atoms with van der Waals surface area (Å²) in [5.41, 5.74) is 0.399. The molecule has 1 aromatic carbocycles. The number of piperazine rings is 1. The average molecular weight is 357 g/mol. The van der Waals surface area contributed by atoms with Gasteiger partial charge in [-0.1, -0.05) is 35.8 Å². The zero-order chi connectivity index (χ0) is 15.7. The van der Waals surface area contributed by atoms with Crippen molar-refractivity contribution in [1.82, 2.24) is 10.2 Å². The summed E-state index contributed by atoms with van der Waals surface area (Å²) < 4.78 is 14.6. The van der Waals surface area contributed by atoms with E-state index >= 15 is 0 Å². The maximum Gasteiger partial charge on any atom is 0.246 e. The van der Waals surface area contributed by atoms with Crippen molar-refractivity contribution in [1.29, 1.82) is 0 Å². The highest BCUT2D eigenvalue weighted by atomic mass is 79.9. The topological polar surface area (TPSA) is 49.4 Å². The van der Waals surface area contributed by atoms with Gasteiger partial charge in [-0.25, -0.2) is 4.39 Å². The molecule has 21 heavy (non-hydrogen) atoms. The molecule has 1 aliphatic rings. The molecule has 0 radical (unpaired) electrons. The van der Waals surface area contributed by atoms with Gasteiger partial charge in [-0.15, -0.1) is 0 Å². The van der Waals surface area contributed by atoms with E-state index in [0.29, 0.717) is 10.0 Å². The summed E-state index contributed by atoms with van der Waals surface area (Å²) in [5.74, 6) is -0.770. The molecule has 1 aromatic rings. The normalized spacial score (nSPS) is 22.7. The molecule has 0 saturated carbocycles. The number of nitrogens with zero attached hydrogens (tertiary/aromatic N) is 1. The monoisotopic (exact) mass is 356 g/mol. The summed E-state index contributed by atoms with van der Waals surface area (Å²) in [7, 11) is 0. The Morgan fingerprint density at radius 3 is 2.62 bits per heavy atom. The first-order valence-electron chi connectivity index (χ1n) is 6.86. The second kappa shape index (κ2) is 6.13. The van der Waals surface area contributed by atoms with Crippen molar-refractivity contribution in [2.24, 2.45) is 5.92 Å². The van der Waals surface area contributed by atoms with Gasteiger partial charge in [0.15, 0.2) is 0 Å². The minimum atomic E-state index is -0.601. The molecule has 6 heteroatoms. The summed E-state index contributed by atoms with van der Waals surface area (Å²) >= 11 is 3.20. The van der Waals surface area contributed by atoms with Crippen LogP contribution in [0.2, 0.25) is 0 Å². The first kappa shape index (κ1) is 15.9. The highest BCUT2D eigenvalue weighted by Crippen LogP contribution is 2.21. The van der Waals surface area contributed by atoms with Gasteiger partial charge >= 0.3 is 0 Å². The Labute approximate surface area is 131 Å². The zero-order valence-electron chi connectivity index (χ0n) is 12.2. The van der Waals surface area contributed by atoms with Gasteiger partial charge in [-0.05, 0) is 25.0 Å². The van der Waals surface area contributed by atoms with Crippen LogP contribution in [0.25, 0.3) is 0 Å². The molecule has 2 atom stereocenters. The van der Waals surface area contributed by atoms with Gasteiger partial charge in [0.2, 0.25) is 11.8 Å². The van der Waals surface area contributed by atoms with Gasteiger partial charge in [-0.3, -0.25) is 9.59 Å². The van der Waals surface area contributed by atoms with Crippen LogP contribution in [0.3, 0.4) is 0 Å². The van der Waals surface area contributed by atoms with Crippen molar-refractivity contribution in [2.45, 2.75) is 39.4 Å². The Hall–Kier alpha value is -1.43. The molecular weight excluding hydrogens is 339 g/mol. The molecule has 0 aliphatic carbocycles. The van der Waals surface area contributed by atoms with Gasteiger partial charge in [0.1, 0.15) is 17.9 Å². The van der Waals surface area contributed by atoms with Crippen LogP contribution in [-0.4, -0.2) is 28.8 Å². The molecule has 1 heterocycles. The second-order valence-electron chi connectivity index (χ2n) is 5.61. The van der Waals surface area contributed by atoms with E-state index < -0.39 is 17.9 Å². The number of carbonyl (C=O) groups excluding carboxylic acids is 2. The Balaban J connectivity index is 2.27. The van der Waals surface area contributed by atoms with Crippen LogP contribution < -0.4 is 5.32 Å². The molecule has 1 aliphatic heterocycles. The van der Waals surface area contributed by atoms with Crippen molar-refractivity contribution in [3.05, 3.63) is 34.1 Å². The predicted molar refractivity (Wildman–Crippen MR) is 80.9 cm³/mol. The Bertz CT molecular complexity index is 577. The van der Waals surface area contributed by atoms with E-state index in [1.54, 1.807) is 19.1 Å². The largest absolute Gasteiger partial charge is 0.342 e. The summed E-state index contributed by atoms with van der Waals surface area (Å²) in [6, 6.07) is 3.55. The van der Waals surface area contributed by atoms with Gasteiger partial charge in [0.05, 0.1) is 0 Å². The molecule has 1 fully saturated rings. The maximum atomic E-state index is 13.9. The quantitative estimate of drug-likeness (QED) is 0.904. The Kier molecular flexibility index (Phi) is 4.66. The molecule has 114 valence electrons. The lowest BCUT2D eigenvalue weighted by Crippen LogP contribution is -2.63. The molecule has 0 bridgehead atoms. The third kappa shape index (κ3) is 3.26. The lowest BCUT2D eigenvalue weighted by Gasteiger charge is -2.38. The summed E-state index contributed by atoms with van der Waals surface area (Å²) in [5, 5.41) is 2.72. The highest BCUT2D eigenvalue weighted by Gasteiger charge is 2.39. The third-order valence-corrected chi connectivity index (χ3v) is 4.21. The molecule has 2 unspecified atom stereocenters. The number of benzene rings is 1. The fourth-order valence-electron chi connectivity index (χ4n) is 2.35. The van der Waals surface area contributed by atoms with Crippen molar-refractivity contribution in [2.75, 3.05) is 0 Å². The molecule has 1 saturated heterocycles. The van der Waals surface area contributed by atoms with Crippen LogP contribution in [0.5, 0.6) is 0 Å². The minimum absolute atomic E-state index is 0.00813. The van der Waals surface area contributed by atoms with E-state index in [1.807, 2.05) is 13.8 Å². The molecule has 4 nitrogen and oxygen atoms in total. The molecule has 0 spiro atoms. The first-order valence-corrected chi connectivity index (χ1v) is 7.65. The highest BCUT2D eigenvalue weighted by molar-refractivity contribution is 9.10. The smallest absolute Gasteiger partial charge is 0.246 e. The minimum Gasteiger partial charge on any atom is -0.342 e. The van der Waals surface area contributed by atoms with Crippen LogP contribution >= 0.6 is 15.9 Å². The van der Waals surface area contributed by atoms with Crippen LogP contribution in [0.1, 0.15) is 26.3 Å². The summed E-state index contributed by atoms with van der Waals surface area (Å²) in [4.78, 5) is 25.9. The fraction of sp³-hybridized carbons (Fsp3) is 0.467. The molecular formula is C15H18BrFN2O2. The van der Waals surface area contributed by atoms with E-state index in [-0.39, 0.29) is 24.3 Å². The molecule has 0 aromatic heterocycles. The van der Waals surface area contributed by atoms with Crippen molar-refractivity contribution in [3.63, 3.8) is 0 Å². The maximum absolute atomic E-state index is 13.9. The zero-order valence-corrected chi connectivity index (χ0v) is 13.8. The molecule has 2 amide bonds. The summed E-state index contributed by atoms with van der Waals surface area (Å²) in [6.45, 7) is 5.49. The lowest BCUT2D eigenvalue weighted by atomic mass is 9.98. The standard InChI is InChI=1S/C15H18BrFN2O2/c1-8(2)13-15(21)19(9(3)14(20)18-13)7-10-4-5-11(16)6-12(10)17/h4-6,8-9,13H,7H2,1-3H3,(H,18,20). The van der Waals surface area contributed by atoms with Crippen molar-refractivity contribution >= 4 is 27.7 Å². The van der Waals surface area contributed by atoms with Crippen LogP contribution in [0, 0.1) is 11.7 Å². The van der Waals surface area contributed by atoms with Gasteiger partial charge in [0.25, 0.3) is 0 Å². The van der Waals surface area contributed by atoms with Gasteiger partial charge in [-0.2, -0.15) is 0 Å². The Morgan fingerprint density at radius 1 is 1.38 bits per heavy atom. The predicted octanol–water partition coefficient (Wildman–Crippen LogP) is 2.46.